The normalized spacial score (nSPS) is 19.2. The van der Waals surface area contributed by atoms with E-state index in [0.29, 0.717) is 5.92 Å². The lowest BCUT2D eigenvalue weighted by atomic mass is 9.89. The zero-order valence-electron chi connectivity index (χ0n) is 9.99. The van der Waals surface area contributed by atoms with Crippen molar-refractivity contribution in [2.45, 2.75) is 31.6 Å². The molecule has 0 spiro atoms. The maximum Gasteiger partial charge on any atom is 0.303 e. The maximum atomic E-state index is 11.0. The van der Waals surface area contributed by atoms with Crippen LogP contribution in [0.5, 0.6) is 5.75 Å². The second-order valence-electron chi connectivity index (χ2n) is 5.13. The molecule has 3 rings (SSSR count). The second kappa shape index (κ2) is 4.57. The Morgan fingerprint density at radius 2 is 2.28 bits per heavy atom. The Labute approximate surface area is 114 Å². The number of aliphatic carboxylic acids is 1. The Bertz CT molecular complexity index is 494. The third-order valence-corrected chi connectivity index (χ3v) is 4.36. The second-order valence-corrected chi connectivity index (χ2v) is 5.99. The molecule has 2 aliphatic rings. The first kappa shape index (κ1) is 12.0. The highest BCUT2D eigenvalue weighted by atomic mass is 79.9. The summed E-state index contributed by atoms with van der Waals surface area (Å²) in [5.74, 6) is 0.932. The molecule has 1 saturated carbocycles. The van der Waals surface area contributed by atoms with Gasteiger partial charge in [-0.3, -0.25) is 4.79 Å². The number of hydrogen-bond acceptors (Lipinski definition) is 2. The first-order valence-electron chi connectivity index (χ1n) is 6.32. The van der Waals surface area contributed by atoms with Gasteiger partial charge < -0.3 is 9.84 Å². The van der Waals surface area contributed by atoms with Crippen LogP contribution in [0.15, 0.2) is 16.6 Å². The number of carboxylic acid groups (broad SMARTS) is 1. The summed E-state index contributed by atoms with van der Waals surface area (Å²) in [6.07, 6.45) is 3.47. The molecule has 0 aromatic heterocycles. The molecule has 96 valence electrons. The molecule has 3 nitrogen and oxygen atoms in total. The van der Waals surface area contributed by atoms with Crippen LogP contribution in [0.2, 0.25) is 0 Å². The van der Waals surface area contributed by atoms with Gasteiger partial charge in [0.1, 0.15) is 5.75 Å². The molecule has 1 fully saturated rings. The predicted molar refractivity (Wildman–Crippen MR) is 71.1 cm³/mol. The monoisotopic (exact) mass is 310 g/mol. The molecular weight excluding hydrogens is 296 g/mol. The summed E-state index contributed by atoms with van der Waals surface area (Å²) in [6.45, 7) is 0.727. The van der Waals surface area contributed by atoms with Gasteiger partial charge in [-0.05, 0) is 57.8 Å². The fraction of sp³-hybridized carbons (Fsp3) is 0.500. The maximum absolute atomic E-state index is 11.0. The Kier molecular flexibility index (Phi) is 3.06. The molecule has 1 heterocycles. The number of benzene rings is 1. The van der Waals surface area contributed by atoms with E-state index in [1.165, 1.54) is 5.56 Å². The van der Waals surface area contributed by atoms with Crippen LogP contribution in [-0.4, -0.2) is 17.7 Å². The van der Waals surface area contributed by atoms with Gasteiger partial charge in [-0.1, -0.05) is 6.07 Å². The molecule has 0 amide bonds. The van der Waals surface area contributed by atoms with Crippen LogP contribution in [0.1, 0.15) is 36.3 Å². The van der Waals surface area contributed by atoms with Crippen molar-refractivity contribution in [3.8, 4) is 5.75 Å². The van der Waals surface area contributed by atoms with Crippen LogP contribution >= 0.6 is 15.9 Å². The van der Waals surface area contributed by atoms with Crippen LogP contribution in [0, 0.1) is 5.92 Å². The fourth-order valence-corrected chi connectivity index (χ4v) is 3.37. The smallest absolute Gasteiger partial charge is 0.303 e. The fourth-order valence-electron chi connectivity index (χ4n) is 2.74. The molecule has 1 aliphatic carbocycles. The number of carbonyl (C=O) groups is 1. The van der Waals surface area contributed by atoms with Crippen molar-refractivity contribution in [1.82, 2.24) is 0 Å². The standard InChI is InChI=1S/C14H15BrO3/c15-12-6-10(5-9-3-4-18-14(9)12)11(7-13(16)17)8-1-2-8/h5-6,8,11H,1-4,7H2,(H,16,17). The zero-order valence-corrected chi connectivity index (χ0v) is 11.6. The van der Waals surface area contributed by atoms with Crippen molar-refractivity contribution < 1.29 is 14.6 Å². The van der Waals surface area contributed by atoms with Crippen LogP contribution in [-0.2, 0) is 11.2 Å². The van der Waals surface area contributed by atoms with Gasteiger partial charge in [-0.2, -0.15) is 0 Å². The minimum Gasteiger partial charge on any atom is -0.492 e. The van der Waals surface area contributed by atoms with Gasteiger partial charge in [0.05, 0.1) is 17.5 Å². The van der Waals surface area contributed by atoms with Crippen LogP contribution in [0.4, 0.5) is 0 Å². The first-order valence-corrected chi connectivity index (χ1v) is 7.11. The average molecular weight is 311 g/mol. The molecule has 1 aromatic rings. The molecule has 0 bridgehead atoms. The molecule has 1 unspecified atom stereocenters. The quantitative estimate of drug-likeness (QED) is 0.927. The summed E-state index contributed by atoms with van der Waals surface area (Å²) in [6, 6.07) is 4.18. The van der Waals surface area contributed by atoms with Gasteiger partial charge in [-0.15, -0.1) is 0 Å². The summed E-state index contributed by atoms with van der Waals surface area (Å²) in [5, 5.41) is 9.05. The number of carboxylic acids is 1. The Morgan fingerprint density at radius 3 is 2.94 bits per heavy atom. The van der Waals surface area contributed by atoms with E-state index < -0.39 is 5.97 Å². The number of hydrogen-bond donors (Lipinski definition) is 1. The molecular formula is C14H15BrO3. The SMILES string of the molecule is O=C(O)CC(c1cc(Br)c2c(c1)CCO2)C1CC1. The predicted octanol–water partition coefficient (Wildman–Crippen LogP) is 3.35. The molecule has 4 heteroatoms. The highest BCUT2D eigenvalue weighted by Gasteiger charge is 2.34. The molecule has 1 atom stereocenters. The molecule has 1 aromatic carbocycles. The topological polar surface area (TPSA) is 46.5 Å². The van der Waals surface area contributed by atoms with E-state index in [9.17, 15) is 4.79 Å². The van der Waals surface area contributed by atoms with Crippen LogP contribution in [0.25, 0.3) is 0 Å². The molecule has 0 saturated heterocycles. The lowest BCUT2D eigenvalue weighted by molar-refractivity contribution is -0.137. The van der Waals surface area contributed by atoms with E-state index in [2.05, 4.69) is 22.0 Å². The Balaban J connectivity index is 1.94. The number of rotatable bonds is 4. The average Bonchev–Trinajstić information content (AvgIpc) is 3.03. The zero-order chi connectivity index (χ0) is 12.7. The van der Waals surface area contributed by atoms with Gasteiger partial charge in [0, 0.05) is 6.42 Å². The molecule has 1 aliphatic heterocycles. The van der Waals surface area contributed by atoms with Gasteiger partial charge in [0.15, 0.2) is 0 Å². The van der Waals surface area contributed by atoms with E-state index in [1.54, 1.807) is 0 Å². The van der Waals surface area contributed by atoms with E-state index in [0.717, 1.165) is 41.7 Å². The van der Waals surface area contributed by atoms with Crippen molar-refractivity contribution in [1.29, 1.82) is 0 Å². The number of halogens is 1. The van der Waals surface area contributed by atoms with Crippen molar-refractivity contribution in [2.24, 2.45) is 5.92 Å². The Hall–Kier alpha value is -1.03. The Morgan fingerprint density at radius 1 is 1.50 bits per heavy atom. The molecule has 0 radical (unpaired) electrons. The summed E-state index contributed by atoms with van der Waals surface area (Å²) in [7, 11) is 0. The third kappa shape index (κ3) is 2.26. The molecule has 18 heavy (non-hydrogen) atoms. The van der Waals surface area contributed by atoms with Crippen LogP contribution < -0.4 is 4.74 Å². The highest BCUT2D eigenvalue weighted by molar-refractivity contribution is 9.10. The van der Waals surface area contributed by atoms with Crippen molar-refractivity contribution in [3.05, 3.63) is 27.7 Å². The molecule has 1 N–H and O–H groups in total. The van der Waals surface area contributed by atoms with Crippen molar-refractivity contribution >= 4 is 21.9 Å². The van der Waals surface area contributed by atoms with E-state index in [1.807, 2.05) is 6.07 Å². The minimum atomic E-state index is -0.709. The van der Waals surface area contributed by atoms with Crippen LogP contribution in [0.3, 0.4) is 0 Å². The highest BCUT2D eigenvalue weighted by Crippen LogP contribution is 2.47. The third-order valence-electron chi connectivity index (χ3n) is 3.77. The largest absolute Gasteiger partial charge is 0.492 e. The van der Waals surface area contributed by atoms with Gasteiger partial charge in [0.2, 0.25) is 0 Å². The lowest BCUT2D eigenvalue weighted by Crippen LogP contribution is -2.08. The van der Waals surface area contributed by atoms with E-state index >= 15 is 0 Å². The summed E-state index contributed by atoms with van der Waals surface area (Å²) in [4.78, 5) is 11.0. The van der Waals surface area contributed by atoms with Gasteiger partial charge in [-0.25, -0.2) is 0 Å². The first-order chi connectivity index (χ1) is 8.65. The lowest BCUT2D eigenvalue weighted by Gasteiger charge is -2.16. The van der Waals surface area contributed by atoms with Gasteiger partial charge >= 0.3 is 5.97 Å². The van der Waals surface area contributed by atoms with Crippen molar-refractivity contribution in [3.63, 3.8) is 0 Å². The summed E-state index contributed by atoms with van der Waals surface area (Å²) in [5.41, 5.74) is 2.35. The van der Waals surface area contributed by atoms with E-state index in [4.69, 9.17) is 9.84 Å². The summed E-state index contributed by atoms with van der Waals surface area (Å²) < 4.78 is 6.52. The summed E-state index contributed by atoms with van der Waals surface area (Å²) >= 11 is 3.53. The number of ether oxygens (including phenoxy) is 1. The van der Waals surface area contributed by atoms with Gasteiger partial charge in [0.25, 0.3) is 0 Å². The van der Waals surface area contributed by atoms with E-state index in [-0.39, 0.29) is 12.3 Å². The van der Waals surface area contributed by atoms with Crippen molar-refractivity contribution in [2.75, 3.05) is 6.61 Å². The minimum absolute atomic E-state index is 0.157. The number of fused-ring (bicyclic) bond motifs is 1.